The summed E-state index contributed by atoms with van der Waals surface area (Å²) in [6, 6.07) is 80.8. The van der Waals surface area contributed by atoms with E-state index in [1.54, 1.807) is 0 Å². The van der Waals surface area contributed by atoms with Crippen LogP contribution in [0.3, 0.4) is 0 Å². The maximum atomic E-state index is 2.47. The molecule has 0 atom stereocenters. The molecule has 10 aromatic carbocycles. The third-order valence-electron chi connectivity index (χ3n) is 18.1. The molecule has 4 aliphatic carbocycles. The van der Waals surface area contributed by atoms with Crippen molar-refractivity contribution in [3.05, 3.63) is 262 Å². The molecule has 0 fully saturated rings. The van der Waals surface area contributed by atoms with Gasteiger partial charge in [0.1, 0.15) is 0 Å². The first kappa shape index (κ1) is 45.4. The first-order valence-corrected chi connectivity index (χ1v) is 26.9. The minimum absolute atomic E-state index is 0.119. The summed E-state index contributed by atoms with van der Waals surface area (Å²) in [6.07, 6.45) is 0. The van der Waals surface area contributed by atoms with Crippen LogP contribution in [-0.2, 0) is 21.7 Å². The average Bonchev–Trinajstić information content (AvgIpc) is 3.98. The number of nitrogens with zero attached hydrogens (tertiary/aromatic N) is 2. The highest BCUT2D eigenvalue weighted by Crippen LogP contribution is 2.56. The van der Waals surface area contributed by atoms with E-state index in [1.807, 2.05) is 0 Å². The molecule has 0 saturated carbocycles. The second-order valence-corrected chi connectivity index (χ2v) is 23.9. The van der Waals surface area contributed by atoms with Crippen LogP contribution in [0.15, 0.2) is 212 Å². The highest BCUT2D eigenvalue weighted by molar-refractivity contribution is 5.91. The standard InChI is InChI=1S/C73H62N2/c1-45-22-39-65-61(40-45)60-38-34-53(44-69(60)73(65,8)9)75(52-33-37-59-56-18-12-15-21-64(56)72(6,7)68(59)43-52)49-29-25-47(26-30-49)46-23-27-48(28-24-46)74(50-31-35-57-54-16-10-13-19-62(54)70(2,3)66(57)41-50)51-32-36-58-55-17-11-14-20-63(55)71(4,5)67(58)42-51/h10-44H,1-9H3. The van der Waals surface area contributed by atoms with E-state index in [9.17, 15) is 0 Å². The number of anilines is 6. The van der Waals surface area contributed by atoms with Gasteiger partial charge in [-0.2, -0.15) is 0 Å². The predicted molar refractivity (Wildman–Crippen MR) is 316 cm³/mol. The van der Waals surface area contributed by atoms with Gasteiger partial charge in [-0.25, -0.2) is 0 Å². The summed E-state index contributed by atoms with van der Waals surface area (Å²) in [5, 5.41) is 0. The Bertz CT molecular complexity index is 3900. The topological polar surface area (TPSA) is 6.48 Å². The first-order valence-electron chi connectivity index (χ1n) is 26.9. The molecule has 14 rings (SSSR count). The van der Waals surface area contributed by atoms with Gasteiger partial charge < -0.3 is 9.80 Å². The summed E-state index contributed by atoms with van der Waals surface area (Å²) in [6.45, 7) is 21.2. The van der Waals surface area contributed by atoms with E-state index in [2.05, 4.69) is 284 Å². The fraction of sp³-hybridized carbons (Fsp3) is 0.178. The Labute approximate surface area is 443 Å². The number of hydrogen-bond donors (Lipinski definition) is 0. The first-order chi connectivity index (χ1) is 36.1. The van der Waals surface area contributed by atoms with Crippen molar-refractivity contribution in [2.75, 3.05) is 9.80 Å². The third kappa shape index (κ3) is 6.58. The summed E-state index contributed by atoms with van der Waals surface area (Å²) < 4.78 is 0. The van der Waals surface area contributed by atoms with Crippen LogP contribution in [0.4, 0.5) is 34.1 Å². The molecular formula is C73H62N2. The van der Waals surface area contributed by atoms with Crippen molar-refractivity contribution in [2.45, 2.75) is 84.0 Å². The molecule has 0 unspecified atom stereocenters. The second-order valence-electron chi connectivity index (χ2n) is 23.9. The van der Waals surface area contributed by atoms with Gasteiger partial charge in [0.25, 0.3) is 0 Å². The van der Waals surface area contributed by atoms with E-state index in [4.69, 9.17) is 0 Å². The lowest BCUT2D eigenvalue weighted by molar-refractivity contribution is 0.659. The van der Waals surface area contributed by atoms with E-state index in [0.717, 1.165) is 34.1 Å². The number of rotatable bonds is 7. The van der Waals surface area contributed by atoms with Crippen molar-refractivity contribution in [1.82, 2.24) is 0 Å². The van der Waals surface area contributed by atoms with Crippen LogP contribution in [0.1, 0.15) is 105 Å². The lowest BCUT2D eigenvalue weighted by atomic mass is 9.82. The van der Waals surface area contributed by atoms with Gasteiger partial charge in [0.05, 0.1) is 0 Å². The zero-order valence-corrected chi connectivity index (χ0v) is 44.6. The van der Waals surface area contributed by atoms with Crippen molar-refractivity contribution in [3.8, 4) is 55.6 Å². The molecule has 4 aliphatic rings. The van der Waals surface area contributed by atoms with Gasteiger partial charge in [-0.3, -0.25) is 0 Å². The van der Waals surface area contributed by atoms with Gasteiger partial charge in [-0.1, -0.05) is 200 Å². The Morgan fingerprint density at radius 2 is 0.493 bits per heavy atom. The maximum absolute atomic E-state index is 2.47. The quantitative estimate of drug-likeness (QED) is 0.157. The van der Waals surface area contributed by atoms with Crippen molar-refractivity contribution >= 4 is 34.1 Å². The number of aryl methyl sites for hydroxylation is 1. The molecule has 0 spiro atoms. The monoisotopic (exact) mass is 966 g/mol. The van der Waals surface area contributed by atoms with E-state index in [-0.39, 0.29) is 21.7 Å². The van der Waals surface area contributed by atoms with E-state index < -0.39 is 0 Å². The molecule has 0 aromatic heterocycles. The Kier molecular flexibility index (Phi) is 9.63. The minimum Gasteiger partial charge on any atom is -0.310 e. The van der Waals surface area contributed by atoms with Gasteiger partial charge in [-0.15, -0.1) is 0 Å². The van der Waals surface area contributed by atoms with Gasteiger partial charge >= 0.3 is 0 Å². The third-order valence-corrected chi connectivity index (χ3v) is 18.1. The number of fused-ring (bicyclic) bond motifs is 12. The molecule has 2 heteroatoms. The van der Waals surface area contributed by atoms with Crippen molar-refractivity contribution in [2.24, 2.45) is 0 Å². The highest BCUT2D eigenvalue weighted by atomic mass is 15.1. The van der Waals surface area contributed by atoms with Gasteiger partial charge in [0.2, 0.25) is 0 Å². The van der Waals surface area contributed by atoms with Gasteiger partial charge in [0, 0.05) is 55.8 Å². The molecule has 0 aliphatic heterocycles. The minimum atomic E-state index is -0.126. The average molecular weight is 967 g/mol. The van der Waals surface area contributed by atoms with Crippen LogP contribution < -0.4 is 9.80 Å². The lowest BCUT2D eigenvalue weighted by Crippen LogP contribution is -2.18. The molecule has 10 aromatic rings. The van der Waals surface area contributed by atoms with E-state index >= 15 is 0 Å². The zero-order chi connectivity index (χ0) is 51.3. The largest absolute Gasteiger partial charge is 0.310 e. The molecule has 0 bridgehead atoms. The molecule has 75 heavy (non-hydrogen) atoms. The predicted octanol–water partition coefficient (Wildman–Crippen LogP) is 19.8. The van der Waals surface area contributed by atoms with Crippen molar-refractivity contribution in [1.29, 1.82) is 0 Å². The van der Waals surface area contributed by atoms with Crippen LogP contribution in [0.2, 0.25) is 0 Å². The summed E-state index contributed by atoms with van der Waals surface area (Å²) in [7, 11) is 0. The fourth-order valence-electron chi connectivity index (χ4n) is 14.0. The van der Waals surface area contributed by atoms with Crippen LogP contribution in [-0.4, -0.2) is 0 Å². The summed E-state index contributed by atoms with van der Waals surface area (Å²) in [4.78, 5) is 4.94. The van der Waals surface area contributed by atoms with E-state index in [1.165, 1.54) is 106 Å². The Morgan fingerprint density at radius 3 is 0.827 bits per heavy atom. The van der Waals surface area contributed by atoms with Crippen LogP contribution in [0, 0.1) is 6.92 Å². The van der Waals surface area contributed by atoms with Gasteiger partial charge in [0.15, 0.2) is 0 Å². The molecule has 0 heterocycles. The highest BCUT2D eigenvalue weighted by Gasteiger charge is 2.40. The molecule has 0 N–H and O–H groups in total. The number of hydrogen-bond acceptors (Lipinski definition) is 2. The van der Waals surface area contributed by atoms with Crippen molar-refractivity contribution < 1.29 is 0 Å². The van der Waals surface area contributed by atoms with Crippen LogP contribution in [0.5, 0.6) is 0 Å². The van der Waals surface area contributed by atoms with Crippen LogP contribution >= 0.6 is 0 Å². The summed E-state index contributed by atoms with van der Waals surface area (Å²) >= 11 is 0. The van der Waals surface area contributed by atoms with Crippen molar-refractivity contribution in [3.63, 3.8) is 0 Å². The summed E-state index contributed by atoms with van der Waals surface area (Å²) in [5.41, 5.74) is 31.8. The zero-order valence-electron chi connectivity index (χ0n) is 44.6. The second kappa shape index (κ2) is 15.9. The smallest absolute Gasteiger partial charge is 0.0465 e. The Hall–Kier alpha value is -8.20. The van der Waals surface area contributed by atoms with E-state index in [0.29, 0.717) is 0 Å². The lowest BCUT2D eigenvalue weighted by Gasteiger charge is -2.30. The molecular weight excluding hydrogens is 905 g/mol. The Balaban J connectivity index is 0.853. The molecule has 364 valence electrons. The fourth-order valence-corrected chi connectivity index (χ4v) is 14.0. The molecule has 0 amide bonds. The maximum Gasteiger partial charge on any atom is 0.0465 e. The Morgan fingerprint density at radius 1 is 0.227 bits per heavy atom. The van der Waals surface area contributed by atoms with Gasteiger partial charge in [-0.05, 0) is 180 Å². The molecule has 2 nitrogen and oxygen atoms in total. The number of benzene rings is 10. The summed E-state index contributed by atoms with van der Waals surface area (Å²) in [5.74, 6) is 0. The SMILES string of the molecule is Cc1ccc2c(c1)-c1ccc(N(c3ccc(-c4ccc(N(c5ccc6c(c5)C(C)(C)c5ccccc5-6)c5ccc6c(c5)C(C)(C)c5ccccc5-6)cc4)cc3)c3ccc4c(c3)C(C)(C)c3ccccc3-4)cc1C2(C)C. The molecule has 0 radical (unpaired) electrons. The van der Waals surface area contributed by atoms with Crippen LogP contribution in [0.25, 0.3) is 55.6 Å². The normalized spacial score (nSPS) is 15.7. The molecule has 0 saturated heterocycles.